The maximum atomic E-state index is 11.8. The van der Waals surface area contributed by atoms with Gasteiger partial charge in [-0.25, -0.2) is 4.79 Å². The molecule has 1 amide bonds. The van der Waals surface area contributed by atoms with E-state index < -0.39 is 17.4 Å². The summed E-state index contributed by atoms with van der Waals surface area (Å²) in [6.45, 7) is 7.51. The average Bonchev–Trinajstić information content (AvgIpc) is 2.49. The number of rotatable bonds is 4. The van der Waals surface area contributed by atoms with Crippen LogP contribution in [0.25, 0.3) is 0 Å². The van der Waals surface area contributed by atoms with Crippen LogP contribution in [0.5, 0.6) is 5.75 Å². The average molecular weight is 279 g/mol. The monoisotopic (exact) mass is 279 g/mol. The summed E-state index contributed by atoms with van der Waals surface area (Å²) in [7, 11) is 0. The van der Waals surface area contributed by atoms with E-state index in [1.54, 1.807) is 20.8 Å². The molecule has 5 heteroatoms. The Morgan fingerprint density at radius 2 is 1.85 bits per heavy atom. The fourth-order valence-corrected chi connectivity index (χ4v) is 2.07. The molecule has 2 rings (SSSR count). The van der Waals surface area contributed by atoms with Crippen molar-refractivity contribution in [2.75, 3.05) is 13.2 Å². The van der Waals surface area contributed by atoms with Crippen molar-refractivity contribution in [1.29, 1.82) is 0 Å². The molecular formula is C15H21NO4. The molecule has 0 unspecified atom stereocenters. The Kier molecular flexibility index (Phi) is 3.65. The van der Waals surface area contributed by atoms with Crippen LogP contribution in [-0.4, -0.2) is 40.6 Å². The zero-order chi connectivity index (χ0) is 15.0. The highest BCUT2D eigenvalue weighted by molar-refractivity contribution is 5.72. The number of aryl methyl sites for hydroxylation is 1. The van der Waals surface area contributed by atoms with E-state index >= 15 is 0 Å². The van der Waals surface area contributed by atoms with Crippen LogP contribution < -0.4 is 4.74 Å². The maximum Gasteiger partial charge on any atom is 0.413 e. The van der Waals surface area contributed by atoms with Crippen LogP contribution in [0.3, 0.4) is 0 Å². The molecule has 20 heavy (non-hydrogen) atoms. The molecule has 0 radical (unpaired) electrons. The predicted octanol–water partition coefficient (Wildman–Crippen LogP) is 2.31. The van der Waals surface area contributed by atoms with E-state index in [0.717, 1.165) is 11.3 Å². The van der Waals surface area contributed by atoms with Gasteiger partial charge in [-0.3, -0.25) is 4.90 Å². The van der Waals surface area contributed by atoms with Gasteiger partial charge in [0.25, 0.3) is 0 Å². The van der Waals surface area contributed by atoms with Crippen LogP contribution in [0.2, 0.25) is 0 Å². The van der Waals surface area contributed by atoms with Gasteiger partial charge in [0.05, 0.1) is 6.54 Å². The van der Waals surface area contributed by atoms with E-state index in [4.69, 9.17) is 9.47 Å². The van der Waals surface area contributed by atoms with Gasteiger partial charge in [0, 0.05) is 0 Å². The number of nitrogens with zero attached hydrogens (tertiary/aromatic N) is 1. The van der Waals surface area contributed by atoms with Crippen LogP contribution in [0.4, 0.5) is 4.79 Å². The number of ether oxygens (including phenoxy) is 2. The lowest BCUT2D eigenvalue weighted by molar-refractivity contribution is -0.128. The fraction of sp³-hybridized carbons (Fsp3) is 0.533. The largest absolute Gasteiger partial charge is 0.492 e. The minimum Gasteiger partial charge on any atom is -0.492 e. The Labute approximate surface area is 119 Å². The number of benzene rings is 1. The van der Waals surface area contributed by atoms with Gasteiger partial charge in [-0.2, -0.15) is 0 Å². The molecule has 1 heterocycles. The summed E-state index contributed by atoms with van der Waals surface area (Å²) < 4.78 is 10.7. The first-order valence-corrected chi connectivity index (χ1v) is 6.66. The third-order valence-electron chi connectivity index (χ3n) is 3.83. The van der Waals surface area contributed by atoms with E-state index in [0.29, 0.717) is 6.61 Å². The minimum atomic E-state index is -1.35. The van der Waals surface area contributed by atoms with Gasteiger partial charge in [0.15, 0.2) is 11.3 Å². The summed E-state index contributed by atoms with van der Waals surface area (Å²) in [5.41, 5.74) is -1.13. The first-order valence-electron chi connectivity index (χ1n) is 6.66. The third kappa shape index (κ3) is 2.58. The summed E-state index contributed by atoms with van der Waals surface area (Å²) in [4.78, 5) is 13.1. The Morgan fingerprint density at radius 1 is 1.25 bits per heavy atom. The second-order valence-corrected chi connectivity index (χ2v) is 5.71. The van der Waals surface area contributed by atoms with Crippen LogP contribution in [0.1, 0.15) is 26.3 Å². The predicted molar refractivity (Wildman–Crippen MR) is 74.6 cm³/mol. The molecule has 1 aromatic carbocycles. The van der Waals surface area contributed by atoms with Crippen molar-refractivity contribution in [3.63, 3.8) is 0 Å². The number of hydrogen-bond donors (Lipinski definition) is 1. The van der Waals surface area contributed by atoms with E-state index in [9.17, 15) is 9.90 Å². The van der Waals surface area contributed by atoms with Gasteiger partial charge in [-0.1, -0.05) is 17.7 Å². The molecule has 0 aromatic heterocycles. The van der Waals surface area contributed by atoms with Crippen LogP contribution in [0.15, 0.2) is 24.3 Å². The highest BCUT2D eigenvalue weighted by Crippen LogP contribution is 2.36. The smallest absolute Gasteiger partial charge is 0.413 e. The Hall–Kier alpha value is -1.75. The SMILES string of the molecule is Cc1ccc(OCCN2C(=O)OC(C)(C)[C@@]2(C)O)cc1. The van der Waals surface area contributed by atoms with Crippen LogP contribution >= 0.6 is 0 Å². The second kappa shape index (κ2) is 4.98. The minimum absolute atomic E-state index is 0.267. The zero-order valence-electron chi connectivity index (χ0n) is 12.3. The molecule has 1 aromatic rings. The molecule has 5 nitrogen and oxygen atoms in total. The number of carbonyl (C=O) groups excluding carboxylic acids is 1. The van der Waals surface area contributed by atoms with Gasteiger partial charge in [-0.05, 0) is 39.8 Å². The standard InChI is InChI=1S/C15H21NO4/c1-11-5-7-12(8-6-11)19-10-9-16-13(17)20-14(2,3)15(16,4)18/h5-8,18H,9-10H2,1-4H3/t15-/m1/s1. The van der Waals surface area contributed by atoms with Crippen molar-refractivity contribution < 1.29 is 19.4 Å². The highest BCUT2D eigenvalue weighted by atomic mass is 16.6. The van der Waals surface area contributed by atoms with Crippen LogP contribution in [0, 0.1) is 6.92 Å². The summed E-state index contributed by atoms with van der Waals surface area (Å²) in [5, 5.41) is 10.4. The number of amides is 1. The highest BCUT2D eigenvalue weighted by Gasteiger charge is 2.56. The van der Waals surface area contributed by atoms with Gasteiger partial charge in [0.1, 0.15) is 12.4 Å². The van der Waals surface area contributed by atoms with Crippen LogP contribution in [-0.2, 0) is 4.74 Å². The number of aliphatic hydroxyl groups is 1. The zero-order valence-corrected chi connectivity index (χ0v) is 12.3. The summed E-state index contributed by atoms with van der Waals surface area (Å²) >= 11 is 0. The molecule has 0 spiro atoms. The van der Waals surface area contributed by atoms with E-state index in [-0.39, 0.29) is 6.54 Å². The molecular weight excluding hydrogens is 258 g/mol. The van der Waals surface area contributed by atoms with Crippen molar-refractivity contribution in [2.45, 2.75) is 39.0 Å². The normalized spacial score (nSPS) is 24.6. The van der Waals surface area contributed by atoms with Crippen molar-refractivity contribution in [3.8, 4) is 5.75 Å². The molecule has 110 valence electrons. The van der Waals surface area contributed by atoms with Gasteiger partial charge < -0.3 is 14.6 Å². The quantitative estimate of drug-likeness (QED) is 0.919. The van der Waals surface area contributed by atoms with E-state index in [2.05, 4.69) is 0 Å². The van der Waals surface area contributed by atoms with Gasteiger partial charge in [0.2, 0.25) is 0 Å². The lowest BCUT2D eigenvalue weighted by Gasteiger charge is -2.34. The van der Waals surface area contributed by atoms with Gasteiger partial charge >= 0.3 is 6.09 Å². The number of carbonyl (C=O) groups is 1. The lowest BCUT2D eigenvalue weighted by Crippen LogP contribution is -2.54. The molecule has 1 aliphatic heterocycles. The fourth-order valence-electron chi connectivity index (χ4n) is 2.07. The van der Waals surface area contributed by atoms with Crippen molar-refractivity contribution in [3.05, 3.63) is 29.8 Å². The van der Waals surface area contributed by atoms with Crippen molar-refractivity contribution in [2.24, 2.45) is 0 Å². The van der Waals surface area contributed by atoms with E-state index in [1.807, 2.05) is 31.2 Å². The number of hydrogen-bond acceptors (Lipinski definition) is 4. The third-order valence-corrected chi connectivity index (χ3v) is 3.83. The summed E-state index contributed by atoms with van der Waals surface area (Å²) in [6, 6.07) is 7.66. The molecule has 0 aliphatic carbocycles. The molecule has 0 saturated carbocycles. The Bertz CT molecular complexity index is 493. The number of cyclic esters (lactones) is 1. The molecule has 1 fully saturated rings. The maximum absolute atomic E-state index is 11.8. The summed E-state index contributed by atoms with van der Waals surface area (Å²) in [5.74, 6) is 0.738. The molecule has 1 N–H and O–H groups in total. The second-order valence-electron chi connectivity index (χ2n) is 5.71. The first-order chi connectivity index (χ1) is 9.24. The van der Waals surface area contributed by atoms with Gasteiger partial charge in [-0.15, -0.1) is 0 Å². The van der Waals surface area contributed by atoms with Crippen molar-refractivity contribution in [1.82, 2.24) is 4.90 Å². The first kappa shape index (κ1) is 14.7. The lowest BCUT2D eigenvalue weighted by atomic mass is 9.96. The molecule has 1 aliphatic rings. The Morgan fingerprint density at radius 3 is 2.35 bits per heavy atom. The molecule has 0 bridgehead atoms. The topological polar surface area (TPSA) is 59.0 Å². The molecule has 1 atom stereocenters. The Balaban J connectivity index is 1.94. The van der Waals surface area contributed by atoms with E-state index in [1.165, 1.54) is 4.90 Å². The van der Waals surface area contributed by atoms with Crippen molar-refractivity contribution >= 4 is 6.09 Å². The molecule has 1 saturated heterocycles. The summed E-state index contributed by atoms with van der Waals surface area (Å²) in [6.07, 6.45) is -0.521.